The molecule has 0 aliphatic carbocycles. The number of rotatable bonds is 2. The van der Waals surface area contributed by atoms with Crippen LogP contribution in [0, 0.1) is 0 Å². The Morgan fingerprint density at radius 1 is 1.48 bits per heavy atom. The zero-order valence-corrected chi connectivity index (χ0v) is 13.6. The highest BCUT2D eigenvalue weighted by Gasteiger charge is 2.22. The smallest absolute Gasteiger partial charge is 0.350 e. The number of nitrogens with zero attached hydrogens (tertiary/aromatic N) is 2. The number of thiophene rings is 1. The van der Waals surface area contributed by atoms with Crippen LogP contribution in [-0.2, 0) is 9.47 Å². The van der Waals surface area contributed by atoms with Gasteiger partial charge in [-0.1, -0.05) is 0 Å². The predicted octanol–water partition coefficient (Wildman–Crippen LogP) is 3.32. The average molecular weight is 331 g/mol. The molecule has 1 atom stereocenters. The van der Waals surface area contributed by atoms with Crippen molar-refractivity contribution in [3.8, 4) is 0 Å². The Labute approximate surface area is 136 Å². The maximum absolute atomic E-state index is 11.9. The maximum Gasteiger partial charge on any atom is 0.350 e. The van der Waals surface area contributed by atoms with Crippen molar-refractivity contribution in [2.45, 2.75) is 25.5 Å². The van der Waals surface area contributed by atoms with E-state index in [0.29, 0.717) is 10.6 Å². The van der Waals surface area contributed by atoms with Crippen molar-refractivity contribution < 1.29 is 14.3 Å². The SMILES string of the molecule is COC(=O)c1sc2ccc3c(cnn3C3CCCCO3)c2c1N. The highest BCUT2D eigenvalue weighted by Crippen LogP contribution is 2.39. The molecular weight excluding hydrogens is 314 g/mol. The van der Waals surface area contributed by atoms with E-state index in [9.17, 15) is 4.79 Å². The first-order chi connectivity index (χ1) is 11.2. The minimum absolute atomic E-state index is 0.0290. The summed E-state index contributed by atoms with van der Waals surface area (Å²) < 4.78 is 13.5. The van der Waals surface area contributed by atoms with Gasteiger partial charge in [0.1, 0.15) is 4.88 Å². The van der Waals surface area contributed by atoms with Gasteiger partial charge in [-0.25, -0.2) is 9.48 Å². The van der Waals surface area contributed by atoms with E-state index in [-0.39, 0.29) is 6.23 Å². The second-order valence-electron chi connectivity index (χ2n) is 5.62. The van der Waals surface area contributed by atoms with E-state index in [0.717, 1.165) is 46.9 Å². The molecule has 7 heteroatoms. The van der Waals surface area contributed by atoms with E-state index in [1.807, 2.05) is 16.8 Å². The Hall–Kier alpha value is -2.12. The number of hydrogen-bond acceptors (Lipinski definition) is 6. The van der Waals surface area contributed by atoms with Crippen LogP contribution in [0.3, 0.4) is 0 Å². The number of nitrogens with two attached hydrogens (primary N) is 1. The van der Waals surface area contributed by atoms with Crippen molar-refractivity contribution in [3.05, 3.63) is 23.2 Å². The Morgan fingerprint density at radius 2 is 2.35 bits per heavy atom. The monoisotopic (exact) mass is 331 g/mol. The van der Waals surface area contributed by atoms with Crippen LogP contribution in [0.4, 0.5) is 5.69 Å². The summed E-state index contributed by atoms with van der Waals surface area (Å²) in [5.74, 6) is -0.403. The van der Waals surface area contributed by atoms with E-state index in [4.69, 9.17) is 15.2 Å². The summed E-state index contributed by atoms with van der Waals surface area (Å²) in [4.78, 5) is 12.3. The summed E-state index contributed by atoms with van der Waals surface area (Å²) in [5, 5.41) is 6.32. The number of fused-ring (bicyclic) bond motifs is 3. The van der Waals surface area contributed by atoms with Crippen molar-refractivity contribution in [3.63, 3.8) is 0 Å². The number of carbonyl (C=O) groups is 1. The largest absolute Gasteiger partial charge is 0.465 e. The zero-order valence-electron chi connectivity index (χ0n) is 12.7. The van der Waals surface area contributed by atoms with Crippen molar-refractivity contribution >= 4 is 44.0 Å². The molecule has 4 rings (SSSR count). The molecule has 1 aliphatic rings. The molecule has 120 valence electrons. The lowest BCUT2D eigenvalue weighted by molar-refractivity contribution is -0.0366. The van der Waals surface area contributed by atoms with E-state index in [1.54, 1.807) is 6.20 Å². The van der Waals surface area contributed by atoms with Gasteiger partial charge in [-0.15, -0.1) is 11.3 Å². The molecule has 0 amide bonds. The third kappa shape index (κ3) is 2.19. The van der Waals surface area contributed by atoms with Gasteiger partial charge in [-0.3, -0.25) is 0 Å². The molecule has 3 heterocycles. The lowest BCUT2D eigenvalue weighted by Crippen LogP contribution is -2.18. The number of anilines is 1. The molecule has 1 aliphatic heterocycles. The van der Waals surface area contributed by atoms with Crippen molar-refractivity contribution in [2.75, 3.05) is 19.5 Å². The van der Waals surface area contributed by atoms with Gasteiger partial charge in [-0.2, -0.15) is 5.10 Å². The number of ether oxygens (including phenoxy) is 2. The number of esters is 1. The van der Waals surface area contributed by atoms with Gasteiger partial charge >= 0.3 is 5.97 Å². The Bertz CT molecular complexity index is 893. The number of hydrogen-bond donors (Lipinski definition) is 1. The fraction of sp³-hybridized carbons (Fsp3) is 0.375. The lowest BCUT2D eigenvalue weighted by Gasteiger charge is -2.23. The fourth-order valence-corrected chi connectivity index (χ4v) is 4.19. The minimum Gasteiger partial charge on any atom is -0.465 e. The molecule has 3 aromatic rings. The molecule has 1 aromatic carbocycles. The number of methoxy groups -OCH3 is 1. The summed E-state index contributed by atoms with van der Waals surface area (Å²) in [6.45, 7) is 0.765. The third-order valence-electron chi connectivity index (χ3n) is 4.27. The van der Waals surface area contributed by atoms with Gasteiger partial charge in [0.15, 0.2) is 6.23 Å². The molecule has 1 fully saturated rings. The first kappa shape index (κ1) is 14.5. The normalized spacial score (nSPS) is 18.6. The summed E-state index contributed by atoms with van der Waals surface area (Å²) in [7, 11) is 1.36. The molecule has 0 saturated carbocycles. The predicted molar refractivity (Wildman–Crippen MR) is 89.7 cm³/mol. The summed E-state index contributed by atoms with van der Waals surface area (Å²) in [5.41, 5.74) is 7.65. The van der Waals surface area contributed by atoms with Crippen LogP contribution in [0.5, 0.6) is 0 Å². The highest BCUT2D eigenvalue weighted by atomic mass is 32.1. The highest BCUT2D eigenvalue weighted by molar-refractivity contribution is 7.21. The van der Waals surface area contributed by atoms with Crippen molar-refractivity contribution in [1.82, 2.24) is 9.78 Å². The summed E-state index contributed by atoms with van der Waals surface area (Å²) in [6, 6.07) is 3.99. The lowest BCUT2D eigenvalue weighted by atomic mass is 10.1. The van der Waals surface area contributed by atoms with Crippen LogP contribution in [0.2, 0.25) is 0 Å². The van der Waals surface area contributed by atoms with Crippen LogP contribution in [0.15, 0.2) is 18.3 Å². The standard InChI is InChI=1S/C16H17N3O3S/c1-21-16(20)15-14(17)13-9-8-18-19(12-4-2-3-7-22-12)10(9)5-6-11(13)23-15/h5-6,8,12H,2-4,7,17H2,1H3. The first-order valence-corrected chi connectivity index (χ1v) is 8.40. The molecule has 0 bridgehead atoms. The Morgan fingerprint density at radius 3 is 3.09 bits per heavy atom. The fourth-order valence-electron chi connectivity index (χ4n) is 3.13. The van der Waals surface area contributed by atoms with Crippen LogP contribution in [0.1, 0.15) is 35.2 Å². The first-order valence-electron chi connectivity index (χ1n) is 7.59. The molecule has 1 saturated heterocycles. The van der Waals surface area contributed by atoms with Gasteiger partial charge in [0.25, 0.3) is 0 Å². The average Bonchev–Trinajstić information content (AvgIpc) is 3.16. The molecule has 23 heavy (non-hydrogen) atoms. The summed E-state index contributed by atoms with van der Waals surface area (Å²) >= 11 is 1.35. The third-order valence-corrected chi connectivity index (χ3v) is 5.42. The topological polar surface area (TPSA) is 79.4 Å². The number of carbonyl (C=O) groups excluding carboxylic acids is 1. The second kappa shape index (κ2) is 5.50. The molecule has 2 aromatic heterocycles. The molecule has 0 spiro atoms. The van der Waals surface area contributed by atoms with Gasteiger partial charge in [0.05, 0.1) is 24.5 Å². The van der Waals surface area contributed by atoms with Gasteiger partial charge in [-0.05, 0) is 31.4 Å². The van der Waals surface area contributed by atoms with E-state index < -0.39 is 5.97 Å². The number of aromatic nitrogens is 2. The van der Waals surface area contributed by atoms with Crippen LogP contribution in [0.25, 0.3) is 21.0 Å². The number of nitrogen functional groups attached to an aromatic ring is 1. The maximum atomic E-state index is 11.9. The minimum atomic E-state index is -0.403. The molecule has 0 radical (unpaired) electrons. The Kier molecular flexibility index (Phi) is 3.46. The van der Waals surface area contributed by atoms with Crippen LogP contribution >= 0.6 is 11.3 Å². The number of benzene rings is 1. The van der Waals surface area contributed by atoms with E-state index in [2.05, 4.69) is 5.10 Å². The zero-order chi connectivity index (χ0) is 16.0. The van der Waals surface area contributed by atoms with Crippen LogP contribution < -0.4 is 5.73 Å². The van der Waals surface area contributed by atoms with Crippen molar-refractivity contribution in [2.24, 2.45) is 0 Å². The van der Waals surface area contributed by atoms with E-state index >= 15 is 0 Å². The summed E-state index contributed by atoms with van der Waals surface area (Å²) in [6.07, 6.45) is 4.97. The molecule has 1 unspecified atom stereocenters. The van der Waals surface area contributed by atoms with Crippen molar-refractivity contribution in [1.29, 1.82) is 0 Å². The van der Waals surface area contributed by atoms with Crippen LogP contribution in [-0.4, -0.2) is 29.5 Å². The Balaban J connectivity index is 1.90. The molecular formula is C16H17N3O3S. The van der Waals surface area contributed by atoms with Gasteiger partial charge in [0, 0.05) is 22.1 Å². The van der Waals surface area contributed by atoms with Gasteiger partial charge < -0.3 is 15.2 Å². The quantitative estimate of drug-likeness (QED) is 0.729. The van der Waals surface area contributed by atoms with E-state index in [1.165, 1.54) is 18.4 Å². The second-order valence-corrected chi connectivity index (χ2v) is 6.67. The van der Waals surface area contributed by atoms with Gasteiger partial charge in [0.2, 0.25) is 0 Å². The molecule has 6 nitrogen and oxygen atoms in total. The molecule has 2 N–H and O–H groups in total.